The van der Waals surface area contributed by atoms with Crippen LogP contribution in [0.2, 0.25) is 11.1 Å². The van der Waals surface area contributed by atoms with Crippen LogP contribution in [-0.4, -0.2) is 22.5 Å². The second-order valence-electron chi connectivity index (χ2n) is 3.37. The Kier molecular flexibility index (Phi) is 6.72. The molecular formula is C12H18ClO2Si. The van der Waals surface area contributed by atoms with Crippen LogP contribution in [0.3, 0.4) is 0 Å². The second-order valence-corrected chi connectivity index (χ2v) is 5.63. The number of hydrogen-bond acceptors (Lipinski definition) is 2. The fraction of sp³-hybridized carbons (Fsp3) is 0.500. The standard InChI is InChI=1S/C12H18ClO2Si/c1-3-14-16(15-4-2)9-8-11-6-5-7-12(13)10-11/h5-7,10H,3-4,8-9H2,1-2H3. The maximum absolute atomic E-state index is 5.93. The molecule has 0 saturated carbocycles. The second kappa shape index (κ2) is 7.85. The first-order valence-electron chi connectivity index (χ1n) is 5.62. The lowest BCUT2D eigenvalue weighted by Gasteiger charge is -2.12. The van der Waals surface area contributed by atoms with Crippen molar-refractivity contribution in [3.05, 3.63) is 34.9 Å². The molecule has 4 heteroatoms. The summed E-state index contributed by atoms with van der Waals surface area (Å²) in [4.78, 5) is 0. The number of halogens is 1. The molecular weight excluding hydrogens is 240 g/mol. The average Bonchev–Trinajstić information content (AvgIpc) is 2.27. The Morgan fingerprint density at radius 3 is 2.44 bits per heavy atom. The lowest BCUT2D eigenvalue weighted by atomic mass is 10.2. The van der Waals surface area contributed by atoms with Gasteiger partial charge in [-0.2, -0.15) is 0 Å². The van der Waals surface area contributed by atoms with Crippen molar-refractivity contribution in [2.45, 2.75) is 26.3 Å². The number of rotatable bonds is 7. The van der Waals surface area contributed by atoms with Crippen molar-refractivity contribution in [1.29, 1.82) is 0 Å². The summed E-state index contributed by atoms with van der Waals surface area (Å²) >= 11 is 5.93. The van der Waals surface area contributed by atoms with E-state index in [1.807, 2.05) is 32.0 Å². The summed E-state index contributed by atoms with van der Waals surface area (Å²) < 4.78 is 11.2. The third kappa shape index (κ3) is 5.12. The monoisotopic (exact) mass is 257 g/mol. The van der Waals surface area contributed by atoms with E-state index in [-0.39, 0.29) is 0 Å². The normalized spacial score (nSPS) is 11.0. The molecule has 0 saturated heterocycles. The van der Waals surface area contributed by atoms with Gasteiger partial charge in [-0.3, -0.25) is 0 Å². The molecule has 0 unspecified atom stereocenters. The number of aryl methyl sites for hydroxylation is 1. The van der Waals surface area contributed by atoms with E-state index in [1.54, 1.807) is 0 Å². The van der Waals surface area contributed by atoms with Crippen molar-refractivity contribution in [2.75, 3.05) is 13.2 Å². The van der Waals surface area contributed by atoms with Gasteiger partial charge in [0.25, 0.3) is 0 Å². The van der Waals surface area contributed by atoms with Crippen molar-refractivity contribution >= 4 is 20.9 Å². The highest BCUT2D eigenvalue weighted by Gasteiger charge is 2.14. The molecule has 89 valence electrons. The molecule has 0 aromatic heterocycles. The summed E-state index contributed by atoms with van der Waals surface area (Å²) in [6, 6.07) is 8.92. The smallest absolute Gasteiger partial charge is 0.384 e. The summed E-state index contributed by atoms with van der Waals surface area (Å²) in [5.41, 5.74) is 1.24. The number of benzene rings is 1. The molecule has 16 heavy (non-hydrogen) atoms. The SMILES string of the molecule is CCO[Si](CCc1cccc(Cl)c1)OCC. The third-order valence-electron chi connectivity index (χ3n) is 2.12. The molecule has 1 aromatic carbocycles. The highest BCUT2D eigenvalue weighted by Crippen LogP contribution is 2.13. The van der Waals surface area contributed by atoms with Crippen molar-refractivity contribution in [3.63, 3.8) is 0 Å². The molecule has 2 nitrogen and oxygen atoms in total. The minimum absolute atomic E-state index is 0.726. The van der Waals surface area contributed by atoms with Crippen LogP contribution in [0.5, 0.6) is 0 Å². The third-order valence-corrected chi connectivity index (χ3v) is 4.23. The van der Waals surface area contributed by atoms with E-state index in [0.29, 0.717) is 0 Å². The first-order valence-corrected chi connectivity index (χ1v) is 7.52. The van der Waals surface area contributed by atoms with Crippen LogP contribution in [0.15, 0.2) is 24.3 Å². The lowest BCUT2D eigenvalue weighted by molar-refractivity contribution is 0.213. The van der Waals surface area contributed by atoms with Gasteiger partial charge in [0.05, 0.1) is 0 Å². The van der Waals surface area contributed by atoms with E-state index < -0.39 is 9.28 Å². The van der Waals surface area contributed by atoms with Gasteiger partial charge in [-0.1, -0.05) is 23.7 Å². The van der Waals surface area contributed by atoms with Crippen LogP contribution >= 0.6 is 11.6 Å². The summed E-state index contributed by atoms with van der Waals surface area (Å²) in [7, 11) is -1.10. The van der Waals surface area contributed by atoms with Crippen LogP contribution in [0.25, 0.3) is 0 Å². The Bertz CT molecular complexity index is 301. The van der Waals surface area contributed by atoms with Gasteiger partial charge in [0.2, 0.25) is 0 Å². The highest BCUT2D eigenvalue weighted by molar-refractivity contribution is 6.44. The van der Waals surface area contributed by atoms with Gasteiger partial charge >= 0.3 is 9.28 Å². The molecule has 0 bridgehead atoms. The molecule has 1 aromatic rings. The average molecular weight is 258 g/mol. The fourth-order valence-electron chi connectivity index (χ4n) is 1.45. The zero-order valence-electron chi connectivity index (χ0n) is 9.83. The summed E-state index contributed by atoms with van der Waals surface area (Å²) in [5, 5.41) is 0.791. The van der Waals surface area contributed by atoms with E-state index in [9.17, 15) is 0 Å². The largest absolute Gasteiger partial charge is 0.394 e. The molecule has 0 N–H and O–H groups in total. The van der Waals surface area contributed by atoms with E-state index in [4.69, 9.17) is 20.5 Å². The molecule has 0 aliphatic rings. The van der Waals surface area contributed by atoms with Gasteiger partial charge in [0.15, 0.2) is 0 Å². The lowest BCUT2D eigenvalue weighted by Crippen LogP contribution is -2.23. The maximum atomic E-state index is 5.93. The van der Waals surface area contributed by atoms with Gasteiger partial charge < -0.3 is 8.85 Å². The van der Waals surface area contributed by atoms with Gasteiger partial charge in [-0.25, -0.2) is 0 Å². The molecule has 0 fully saturated rings. The molecule has 0 atom stereocenters. The molecule has 0 amide bonds. The summed E-state index contributed by atoms with van der Waals surface area (Å²) in [6.07, 6.45) is 0.967. The molecule has 0 heterocycles. The number of hydrogen-bond donors (Lipinski definition) is 0. The topological polar surface area (TPSA) is 18.5 Å². The Balaban J connectivity index is 2.41. The fourth-order valence-corrected chi connectivity index (χ4v) is 3.17. The maximum Gasteiger partial charge on any atom is 0.384 e. The molecule has 1 rings (SSSR count). The van der Waals surface area contributed by atoms with Gasteiger partial charge in [0, 0.05) is 18.2 Å². The van der Waals surface area contributed by atoms with E-state index >= 15 is 0 Å². The predicted octanol–water partition coefficient (Wildman–Crippen LogP) is 3.44. The van der Waals surface area contributed by atoms with Crippen molar-refractivity contribution < 1.29 is 8.85 Å². The van der Waals surface area contributed by atoms with Gasteiger partial charge in [-0.05, 0) is 44.0 Å². The summed E-state index contributed by atoms with van der Waals surface area (Å²) in [6.45, 7) is 5.46. The molecule has 0 aliphatic carbocycles. The van der Waals surface area contributed by atoms with Crippen LogP contribution in [0.1, 0.15) is 19.4 Å². The van der Waals surface area contributed by atoms with E-state index in [1.165, 1.54) is 5.56 Å². The minimum Gasteiger partial charge on any atom is -0.394 e. The predicted molar refractivity (Wildman–Crippen MR) is 69.0 cm³/mol. The van der Waals surface area contributed by atoms with Crippen LogP contribution in [-0.2, 0) is 15.3 Å². The van der Waals surface area contributed by atoms with Crippen molar-refractivity contribution in [1.82, 2.24) is 0 Å². The van der Waals surface area contributed by atoms with Crippen molar-refractivity contribution in [3.8, 4) is 0 Å². The minimum atomic E-state index is -1.10. The van der Waals surface area contributed by atoms with Crippen LogP contribution in [0, 0.1) is 0 Å². The molecule has 0 spiro atoms. The van der Waals surface area contributed by atoms with Crippen LogP contribution < -0.4 is 0 Å². The Labute approximate surface area is 104 Å². The first-order chi connectivity index (χ1) is 7.76. The van der Waals surface area contributed by atoms with Crippen molar-refractivity contribution in [2.24, 2.45) is 0 Å². The van der Waals surface area contributed by atoms with Gasteiger partial charge in [0.1, 0.15) is 0 Å². The Morgan fingerprint density at radius 1 is 1.19 bits per heavy atom. The Morgan fingerprint density at radius 2 is 1.88 bits per heavy atom. The van der Waals surface area contributed by atoms with E-state index in [2.05, 4.69) is 6.07 Å². The quantitative estimate of drug-likeness (QED) is 0.697. The van der Waals surface area contributed by atoms with E-state index in [0.717, 1.165) is 30.7 Å². The highest BCUT2D eigenvalue weighted by atomic mass is 35.5. The summed E-state index contributed by atoms with van der Waals surface area (Å²) in [5.74, 6) is 0. The van der Waals surface area contributed by atoms with Crippen LogP contribution in [0.4, 0.5) is 0 Å². The molecule has 1 radical (unpaired) electrons. The van der Waals surface area contributed by atoms with Gasteiger partial charge in [-0.15, -0.1) is 0 Å². The molecule has 0 aliphatic heterocycles. The zero-order chi connectivity index (χ0) is 11.8. The first kappa shape index (κ1) is 13.7. The Hall–Kier alpha value is -0.353. The zero-order valence-corrected chi connectivity index (χ0v) is 11.6.